The van der Waals surface area contributed by atoms with E-state index in [0.717, 1.165) is 33.3 Å². The smallest absolute Gasteiger partial charge is 0.0922 e. The zero-order chi connectivity index (χ0) is 19.9. The van der Waals surface area contributed by atoms with Crippen molar-refractivity contribution in [3.05, 3.63) is 67.1 Å². The van der Waals surface area contributed by atoms with Crippen LogP contribution >= 0.6 is 12.6 Å². The minimum Gasteiger partial charge on any atom is -0.404 e. The Morgan fingerprint density at radius 1 is 1.07 bits per heavy atom. The number of nitrogens with two attached hydrogens (primary N) is 2. The summed E-state index contributed by atoms with van der Waals surface area (Å²) in [7, 11) is 0. The number of anilines is 1. The Morgan fingerprint density at radius 3 is 2.54 bits per heavy atom. The van der Waals surface area contributed by atoms with E-state index in [0.29, 0.717) is 17.0 Å². The van der Waals surface area contributed by atoms with Gasteiger partial charge in [-0.25, -0.2) is 4.98 Å². The topological polar surface area (TPSA) is 143 Å². The summed E-state index contributed by atoms with van der Waals surface area (Å²) in [6.45, 7) is 0. The lowest BCUT2D eigenvalue weighted by molar-refractivity contribution is 1.09. The number of allylic oxidation sites excluding steroid dienone is 1. The average molecular weight is 390 g/mol. The Bertz CT molecular complexity index is 1120. The predicted molar refractivity (Wildman–Crippen MR) is 114 cm³/mol. The van der Waals surface area contributed by atoms with Gasteiger partial charge < -0.3 is 16.9 Å². The third kappa shape index (κ3) is 4.51. The van der Waals surface area contributed by atoms with Gasteiger partial charge in [0.1, 0.15) is 0 Å². The second-order valence-electron chi connectivity index (χ2n) is 5.69. The number of aromatic amines is 1. The van der Waals surface area contributed by atoms with Crippen LogP contribution in [0, 0.1) is 5.41 Å². The molecule has 0 fully saturated rings. The number of hydrogen-bond acceptors (Lipinski definition) is 8. The number of pyridine rings is 1. The molecule has 0 spiro atoms. The van der Waals surface area contributed by atoms with Crippen LogP contribution in [-0.4, -0.2) is 31.4 Å². The van der Waals surface area contributed by atoms with Crippen LogP contribution in [0.1, 0.15) is 5.69 Å². The van der Waals surface area contributed by atoms with Gasteiger partial charge in [-0.3, -0.25) is 15.1 Å². The van der Waals surface area contributed by atoms with Crippen molar-refractivity contribution < 1.29 is 0 Å². The summed E-state index contributed by atoms with van der Waals surface area (Å²) < 4.78 is 0. The van der Waals surface area contributed by atoms with Gasteiger partial charge in [0, 0.05) is 47.0 Å². The second-order valence-corrected chi connectivity index (χ2v) is 6.20. The molecule has 1 aromatic carbocycles. The van der Waals surface area contributed by atoms with Crippen LogP contribution in [0.3, 0.4) is 0 Å². The van der Waals surface area contributed by atoms with E-state index >= 15 is 0 Å². The maximum absolute atomic E-state index is 7.34. The van der Waals surface area contributed by atoms with Gasteiger partial charge in [-0.1, -0.05) is 6.07 Å². The number of aromatic nitrogens is 5. The fourth-order valence-electron chi connectivity index (χ4n) is 2.40. The van der Waals surface area contributed by atoms with E-state index in [2.05, 4.69) is 37.8 Å². The van der Waals surface area contributed by atoms with Crippen LogP contribution in [0.2, 0.25) is 0 Å². The molecule has 8 nitrogen and oxygen atoms in total. The summed E-state index contributed by atoms with van der Waals surface area (Å²) in [5, 5.41) is 13.6. The van der Waals surface area contributed by atoms with Crippen molar-refractivity contribution in [2.24, 2.45) is 5.73 Å². The normalized spacial score (nSPS) is 11.0. The Labute approximate surface area is 166 Å². The molecule has 140 valence electrons. The van der Waals surface area contributed by atoms with Gasteiger partial charge in [-0.15, -0.1) is 12.6 Å². The van der Waals surface area contributed by atoms with Crippen molar-refractivity contribution >= 4 is 41.1 Å². The van der Waals surface area contributed by atoms with E-state index in [1.165, 1.54) is 6.20 Å². The molecule has 0 unspecified atom stereocenters. The van der Waals surface area contributed by atoms with E-state index in [9.17, 15) is 0 Å². The Morgan fingerprint density at radius 2 is 1.93 bits per heavy atom. The zero-order valence-corrected chi connectivity index (χ0v) is 15.6. The molecular weight excluding hydrogens is 372 g/mol. The number of hydrogen-bond donors (Lipinski definition) is 5. The Hall–Kier alpha value is -3.72. The molecule has 4 aromatic rings. The van der Waals surface area contributed by atoms with Gasteiger partial charge in [-0.05, 0) is 23.8 Å². The van der Waals surface area contributed by atoms with Crippen molar-refractivity contribution in [2.45, 2.75) is 4.90 Å². The largest absolute Gasteiger partial charge is 0.404 e. The summed E-state index contributed by atoms with van der Waals surface area (Å²) in [5.41, 5.74) is 16.3. The summed E-state index contributed by atoms with van der Waals surface area (Å²) in [6, 6.07) is 7.61. The fourth-order valence-corrected chi connectivity index (χ4v) is 2.51. The molecule has 3 aromatic heterocycles. The number of rotatable bonds is 3. The van der Waals surface area contributed by atoms with Crippen LogP contribution in [-0.2, 0) is 0 Å². The molecule has 28 heavy (non-hydrogen) atoms. The monoisotopic (exact) mass is 390 g/mol. The summed E-state index contributed by atoms with van der Waals surface area (Å²) in [4.78, 5) is 13.8. The number of benzene rings is 1. The highest BCUT2D eigenvalue weighted by Crippen LogP contribution is 2.24. The molecule has 6 N–H and O–H groups in total. The zero-order valence-electron chi connectivity index (χ0n) is 14.7. The van der Waals surface area contributed by atoms with Crippen LogP contribution in [0.15, 0.2) is 66.3 Å². The number of fused-ring (bicyclic) bond motifs is 1. The standard InChI is InChI=1S/C16H14N6.C3H4N2S/c17-5-12(6-18)16-9-21-14-2-1-10(4-15(14)22-16)11-3-13(19)8-20-7-11;6-3-1-4-5-2-3/h1-9,17H,18-19H2;1-2,6H,(H,4,5)/b12-6+,17-5?;. The molecule has 3 heterocycles. The lowest BCUT2D eigenvalue weighted by Crippen LogP contribution is -1.96. The van der Waals surface area contributed by atoms with Gasteiger partial charge in [0.25, 0.3) is 0 Å². The van der Waals surface area contributed by atoms with Crippen molar-refractivity contribution in [1.29, 1.82) is 5.41 Å². The van der Waals surface area contributed by atoms with Gasteiger partial charge >= 0.3 is 0 Å². The minimum atomic E-state index is 0.519. The molecule has 0 amide bonds. The fraction of sp³-hybridized carbons (Fsp3) is 0. The van der Waals surface area contributed by atoms with Crippen LogP contribution in [0.25, 0.3) is 27.7 Å². The number of nitrogen functional groups attached to an aromatic ring is 1. The first-order valence-corrected chi connectivity index (χ1v) is 8.63. The van der Waals surface area contributed by atoms with E-state index in [-0.39, 0.29) is 0 Å². The molecule has 0 aliphatic rings. The van der Waals surface area contributed by atoms with Gasteiger partial charge in [0.15, 0.2) is 0 Å². The summed E-state index contributed by atoms with van der Waals surface area (Å²) in [6.07, 6.45) is 10.8. The summed E-state index contributed by atoms with van der Waals surface area (Å²) >= 11 is 3.94. The third-order valence-electron chi connectivity index (χ3n) is 3.75. The molecule has 0 saturated carbocycles. The summed E-state index contributed by atoms with van der Waals surface area (Å²) in [5.74, 6) is 0. The molecule has 0 aliphatic carbocycles. The van der Waals surface area contributed by atoms with Gasteiger partial charge in [-0.2, -0.15) is 5.10 Å². The molecular formula is C19H18N8S. The lowest BCUT2D eigenvalue weighted by Gasteiger charge is -2.06. The third-order valence-corrected chi connectivity index (χ3v) is 3.99. The Kier molecular flexibility index (Phi) is 5.97. The highest BCUT2D eigenvalue weighted by Gasteiger charge is 2.06. The molecule has 0 saturated heterocycles. The van der Waals surface area contributed by atoms with Crippen LogP contribution < -0.4 is 11.5 Å². The van der Waals surface area contributed by atoms with Crippen LogP contribution in [0.4, 0.5) is 5.69 Å². The Balaban J connectivity index is 0.000000320. The number of nitrogens with one attached hydrogen (secondary N) is 2. The molecule has 4 rings (SSSR count). The number of thiol groups is 1. The molecule has 0 bridgehead atoms. The lowest BCUT2D eigenvalue weighted by atomic mass is 10.1. The van der Waals surface area contributed by atoms with Gasteiger partial charge in [0.2, 0.25) is 0 Å². The number of H-pyrrole nitrogens is 1. The van der Waals surface area contributed by atoms with E-state index in [4.69, 9.17) is 16.9 Å². The highest BCUT2D eigenvalue weighted by atomic mass is 32.1. The molecule has 0 radical (unpaired) electrons. The maximum Gasteiger partial charge on any atom is 0.0922 e. The second kappa shape index (κ2) is 8.78. The molecule has 0 aliphatic heterocycles. The van der Waals surface area contributed by atoms with E-state index < -0.39 is 0 Å². The molecule has 0 atom stereocenters. The quantitative estimate of drug-likeness (QED) is 0.269. The van der Waals surface area contributed by atoms with E-state index in [1.54, 1.807) is 31.0 Å². The van der Waals surface area contributed by atoms with Crippen molar-refractivity contribution in [3.63, 3.8) is 0 Å². The SMILES string of the molecule is N=C/C(=C\N)c1cnc2ccc(-c3cncc(N)c3)cc2n1.Sc1cn[nH]c1. The first kappa shape index (κ1) is 19.1. The van der Waals surface area contributed by atoms with Crippen LogP contribution in [0.5, 0.6) is 0 Å². The average Bonchev–Trinajstić information content (AvgIpc) is 3.20. The predicted octanol–water partition coefficient (Wildman–Crippen LogP) is 2.92. The first-order chi connectivity index (χ1) is 13.6. The van der Waals surface area contributed by atoms with Gasteiger partial charge in [0.05, 0.1) is 34.8 Å². The maximum atomic E-state index is 7.34. The molecule has 9 heteroatoms. The van der Waals surface area contributed by atoms with E-state index in [1.807, 2.05) is 24.3 Å². The number of nitrogens with zero attached hydrogens (tertiary/aromatic N) is 4. The minimum absolute atomic E-state index is 0.519. The van der Waals surface area contributed by atoms with Crippen molar-refractivity contribution in [2.75, 3.05) is 5.73 Å². The van der Waals surface area contributed by atoms with Crippen molar-refractivity contribution in [1.82, 2.24) is 25.1 Å². The first-order valence-electron chi connectivity index (χ1n) is 8.19. The highest BCUT2D eigenvalue weighted by molar-refractivity contribution is 7.80. The van der Waals surface area contributed by atoms with Crippen molar-refractivity contribution in [3.8, 4) is 11.1 Å².